The fourth-order valence-corrected chi connectivity index (χ4v) is 1.22. The van der Waals surface area contributed by atoms with Gasteiger partial charge < -0.3 is 9.84 Å². The molecule has 0 heterocycles. The van der Waals surface area contributed by atoms with Crippen LogP contribution in [0.1, 0.15) is 22.8 Å². The number of anilines is 1. The quantitative estimate of drug-likeness (QED) is 0.824. The van der Waals surface area contributed by atoms with Crippen LogP contribution in [0.2, 0.25) is 0 Å². The minimum Gasteiger partial charge on any atom is -0.478 e. The molecule has 0 spiro atoms. The lowest BCUT2D eigenvalue weighted by molar-refractivity contribution is 0.0698. The van der Waals surface area contributed by atoms with Crippen LogP contribution in [0.3, 0.4) is 0 Å². The standard InChI is InChI=1S/C11H13NO4/c1-3-16-11(15)12-9-5-4-7(2)6-8(9)10(13)14/h4-6H,3H2,1-2H3,(H,12,15)(H,13,14). The predicted octanol–water partition coefficient (Wildman–Crippen LogP) is 2.26. The van der Waals surface area contributed by atoms with Gasteiger partial charge in [0.1, 0.15) is 0 Å². The summed E-state index contributed by atoms with van der Waals surface area (Å²) in [6.45, 7) is 3.69. The Morgan fingerprint density at radius 3 is 2.69 bits per heavy atom. The van der Waals surface area contributed by atoms with E-state index in [0.717, 1.165) is 5.56 Å². The number of carbonyl (C=O) groups is 2. The number of rotatable bonds is 3. The van der Waals surface area contributed by atoms with Crippen molar-refractivity contribution in [2.24, 2.45) is 0 Å². The zero-order valence-electron chi connectivity index (χ0n) is 9.11. The minimum absolute atomic E-state index is 0.0491. The molecule has 0 aliphatic carbocycles. The third-order valence-electron chi connectivity index (χ3n) is 1.92. The molecule has 1 amide bonds. The van der Waals surface area contributed by atoms with Gasteiger partial charge in [-0.1, -0.05) is 11.6 Å². The number of carbonyl (C=O) groups excluding carboxylic acids is 1. The molecule has 0 aromatic heterocycles. The van der Waals surface area contributed by atoms with Gasteiger partial charge in [-0.25, -0.2) is 9.59 Å². The van der Waals surface area contributed by atoms with E-state index in [1.807, 2.05) is 0 Å². The SMILES string of the molecule is CCOC(=O)Nc1ccc(C)cc1C(=O)O. The van der Waals surface area contributed by atoms with Gasteiger partial charge in [0.05, 0.1) is 17.9 Å². The van der Waals surface area contributed by atoms with Crippen LogP contribution < -0.4 is 5.32 Å². The molecule has 1 rings (SSSR count). The lowest BCUT2D eigenvalue weighted by Crippen LogP contribution is -2.16. The summed E-state index contributed by atoms with van der Waals surface area (Å²) in [5.74, 6) is -1.09. The first-order chi connectivity index (χ1) is 7.54. The Bertz CT molecular complexity index is 414. The van der Waals surface area contributed by atoms with Crippen molar-refractivity contribution in [1.82, 2.24) is 0 Å². The molecule has 5 nitrogen and oxygen atoms in total. The van der Waals surface area contributed by atoms with Gasteiger partial charge in [0.2, 0.25) is 0 Å². The molecule has 1 aromatic carbocycles. The number of aryl methyl sites for hydroxylation is 1. The lowest BCUT2D eigenvalue weighted by Gasteiger charge is -2.08. The molecule has 0 unspecified atom stereocenters. The number of hydrogen-bond acceptors (Lipinski definition) is 3. The van der Waals surface area contributed by atoms with Crippen molar-refractivity contribution >= 4 is 17.7 Å². The molecule has 1 aromatic rings. The van der Waals surface area contributed by atoms with E-state index < -0.39 is 12.1 Å². The molecule has 0 aliphatic rings. The van der Waals surface area contributed by atoms with Gasteiger partial charge >= 0.3 is 12.1 Å². The Morgan fingerprint density at radius 2 is 2.12 bits per heavy atom. The maximum Gasteiger partial charge on any atom is 0.411 e. The van der Waals surface area contributed by atoms with Gasteiger partial charge in [-0.15, -0.1) is 0 Å². The normalized spacial score (nSPS) is 9.62. The smallest absolute Gasteiger partial charge is 0.411 e. The molecule has 5 heteroatoms. The second-order valence-corrected chi connectivity index (χ2v) is 3.20. The van der Waals surface area contributed by atoms with E-state index in [0.29, 0.717) is 0 Å². The van der Waals surface area contributed by atoms with Gasteiger partial charge in [0, 0.05) is 0 Å². The highest BCUT2D eigenvalue weighted by Gasteiger charge is 2.12. The topological polar surface area (TPSA) is 75.6 Å². The molecular weight excluding hydrogens is 210 g/mol. The van der Waals surface area contributed by atoms with Crippen LogP contribution in [-0.2, 0) is 4.74 Å². The van der Waals surface area contributed by atoms with Crippen LogP contribution in [-0.4, -0.2) is 23.8 Å². The van der Waals surface area contributed by atoms with E-state index in [1.165, 1.54) is 12.1 Å². The number of carboxylic acids is 1. The summed E-state index contributed by atoms with van der Waals surface area (Å²) in [6.07, 6.45) is -0.658. The maximum absolute atomic E-state index is 11.1. The van der Waals surface area contributed by atoms with E-state index in [1.54, 1.807) is 19.9 Å². The Labute approximate surface area is 93.0 Å². The summed E-state index contributed by atoms with van der Waals surface area (Å²) in [5.41, 5.74) is 1.09. The van der Waals surface area contributed by atoms with Crippen molar-refractivity contribution in [1.29, 1.82) is 0 Å². The Hall–Kier alpha value is -2.04. The molecule has 86 valence electrons. The average Bonchev–Trinajstić information content (AvgIpc) is 2.20. The second-order valence-electron chi connectivity index (χ2n) is 3.20. The van der Waals surface area contributed by atoms with E-state index in [-0.39, 0.29) is 17.9 Å². The first-order valence-corrected chi connectivity index (χ1v) is 4.82. The minimum atomic E-state index is -1.09. The molecule has 0 saturated heterocycles. The van der Waals surface area contributed by atoms with E-state index in [2.05, 4.69) is 10.1 Å². The Balaban J connectivity index is 2.95. The lowest BCUT2D eigenvalue weighted by atomic mass is 10.1. The number of hydrogen-bond donors (Lipinski definition) is 2. The van der Waals surface area contributed by atoms with Crippen molar-refractivity contribution in [3.63, 3.8) is 0 Å². The van der Waals surface area contributed by atoms with Crippen molar-refractivity contribution < 1.29 is 19.4 Å². The molecule has 16 heavy (non-hydrogen) atoms. The third kappa shape index (κ3) is 2.98. The van der Waals surface area contributed by atoms with Gasteiger partial charge in [0.15, 0.2) is 0 Å². The summed E-state index contributed by atoms with van der Waals surface area (Å²) in [6, 6.07) is 4.74. The summed E-state index contributed by atoms with van der Waals surface area (Å²) in [5, 5.41) is 11.3. The summed E-state index contributed by atoms with van der Waals surface area (Å²) >= 11 is 0. The average molecular weight is 223 g/mol. The molecule has 0 aliphatic heterocycles. The summed E-state index contributed by atoms with van der Waals surface area (Å²) < 4.78 is 4.67. The fourth-order valence-electron chi connectivity index (χ4n) is 1.22. The van der Waals surface area contributed by atoms with Crippen LogP contribution in [0.5, 0.6) is 0 Å². The maximum atomic E-state index is 11.1. The van der Waals surface area contributed by atoms with Gasteiger partial charge in [-0.2, -0.15) is 0 Å². The van der Waals surface area contributed by atoms with E-state index >= 15 is 0 Å². The van der Waals surface area contributed by atoms with Crippen LogP contribution in [0.25, 0.3) is 0 Å². The first-order valence-electron chi connectivity index (χ1n) is 4.82. The first kappa shape index (κ1) is 12.0. The number of benzene rings is 1. The Kier molecular flexibility index (Phi) is 3.88. The molecule has 0 fully saturated rings. The van der Waals surface area contributed by atoms with Crippen LogP contribution in [0, 0.1) is 6.92 Å². The third-order valence-corrected chi connectivity index (χ3v) is 1.92. The highest BCUT2D eigenvalue weighted by molar-refractivity contribution is 5.98. The number of aromatic carboxylic acids is 1. The van der Waals surface area contributed by atoms with Crippen molar-refractivity contribution in [3.8, 4) is 0 Å². The fraction of sp³-hybridized carbons (Fsp3) is 0.273. The number of nitrogens with one attached hydrogen (secondary N) is 1. The van der Waals surface area contributed by atoms with E-state index in [9.17, 15) is 9.59 Å². The number of ether oxygens (including phenoxy) is 1. The zero-order valence-corrected chi connectivity index (χ0v) is 9.11. The Morgan fingerprint density at radius 1 is 1.44 bits per heavy atom. The second kappa shape index (κ2) is 5.16. The number of amides is 1. The van der Waals surface area contributed by atoms with Crippen LogP contribution in [0.15, 0.2) is 18.2 Å². The van der Waals surface area contributed by atoms with Crippen molar-refractivity contribution in [2.45, 2.75) is 13.8 Å². The summed E-state index contributed by atoms with van der Waals surface area (Å²) in [4.78, 5) is 22.1. The zero-order chi connectivity index (χ0) is 12.1. The molecule has 0 saturated carbocycles. The van der Waals surface area contributed by atoms with Gasteiger partial charge in [-0.3, -0.25) is 5.32 Å². The molecule has 0 radical (unpaired) electrons. The van der Waals surface area contributed by atoms with Crippen LogP contribution in [0.4, 0.5) is 10.5 Å². The highest BCUT2D eigenvalue weighted by atomic mass is 16.5. The predicted molar refractivity (Wildman–Crippen MR) is 58.8 cm³/mol. The highest BCUT2D eigenvalue weighted by Crippen LogP contribution is 2.17. The molecule has 0 atom stereocenters. The van der Waals surface area contributed by atoms with Crippen LogP contribution >= 0.6 is 0 Å². The van der Waals surface area contributed by atoms with Crippen molar-refractivity contribution in [3.05, 3.63) is 29.3 Å². The van der Waals surface area contributed by atoms with E-state index in [4.69, 9.17) is 5.11 Å². The monoisotopic (exact) mass is 223 g/mol. The summed E-state index contributed by atoms with van der Waals surface area (Å²) in [7, 11) is 0. The molecular formula is C11H13NO4. The molecule has 2 N–H and O–H groups in total. The van der Waals surface area contributed by atoms with Crippen molar-refractivity contribution in [2.75, 3.05) is 11.9 Å². The van der Waals surface area contributed by atoms with Gasteiger partial charge in [-0.05, 0) is 26.0 Å². The van der Waals surface area contributed by atoms with Gasteiger partial charge in [0.25, 0.3) is 0 Å². The largest absolute Gasteiger partial charge is 0.478 e. The molecule has 0 bridgehead atoms. The number of carboxylic acid groups (broad SMARTS) is 1.